The average Bonchev–Trinajstić information content (AvgIpc) is 2.89. The highest BCUT2D eigenvalue weighted by atomic mass is 16.5. The molecule has 1 amide bonds. The van der Waals surface area contributed by atoms with Crippen molar-refractivity contribution in [3.05, 3.63) is 17.1 Å². The molecule has 7 nitrogen and oxygen atoms in total. The number of hydrogen-bond acceptors (Lipinski definition) is 5. The lowest BCUT2D eigenvalue weighted by Crippen LogP contribution is -2.21. The van der Waals surface area contributed by atoms with E-state index in [2.05, 4.69) is 19.9 Å². The third kappa shape index (κ3) is 4.03. The number of fused-ring (bicyclic) bond motifs is 1. The Kier molecular flexibility index (Phi) is 6.14. The van der Waals surface area contributed by atoms with E-state index >= 15 is 0 Å². The Balaban J connectivity index is 2.28. The first-order valence-corrected chi connectivity index (χ1v) is 8.39. The van der Waals surface area contributed by atoms with Gasteiger partial charge in [-0.15, -0.1) is 0 Å². The number of ether oxygens (including phenoxy) is 1. The zero-order valence-electron chi connectivity index (χ0n) is 15.0. The zero-order chi connectivity index (χ0) is 17.7. The summed E-state index contributed by atoms with van der Waals surface area (Å²) in [7, 11) is 0. The Morgan fingerprint density at radius 2 is 2.04 bits per heavy atom. The van der Waals surface area contributed by atoms with Crippen LogP contribution < -0.4 is 11.1 Å². The van der Waals surface area contributed by atoms with Crippen molar-refractivity contribution in [2.45, 2.75) is 53.7 Å². The van der Waals surface area contributed by atoms with E-state index in [0.717, 1.165) is 47.5 Å². The van der Waals surface area contributed by atoms with E-state index in [1.807, 2.05) is 20.8 Å². The van der Waals surface area contributed by atoms with E-state index in [1.54, 1.807) is 0 Å². The molecule has 2 aromatic heterocycles. The molecule has 0 bridgehead atoms. The molecule has 0 saturated heterocycles. The summed E-state index contributed by atoms with van der Waals surface area (Å²) >= 11 is 0. The Labute approximate surface area is 142 Å². The van der Waals surface area contributed by atoms with Gasteiger partial charge in [0.2, 0.25) is 5.91 Å². The van der Waals surface area contributed by atoms with Crippen molar-refractivity contribution in [1.82, 2.24) is 19.9 Å². The number of nitrogens with one attached hydrogen (secondary N) is 1. The van der Waals surface area contributed by atoms with Crippen LogP contribution in [0.25, 0.3) is 11.0 Å². The number of pyridine rings is 1. The van der Waals surface area contributed by atoms with E-state index in [1.165, 1.54) is 6.92 Å². The maximum Gasteiger partial charge on any atom is 0.216 e. The number of carbonyl (C=O) groups is 1. The van der Waals surface area contributed by atoms with Crippen LogP contribution in [0.5, 0.6) is 0 Å². The van der Waals surface area contributed by atoms with Crippen LogP contribution in [-0.2, 0) is 22.7 Å². The first-order valence-electron chi connectivity index (χ1n) is 8.39. The normalized spacial score (nSPS) is 11.2. The minimum Gasteiger partial charge on any atom is -0.382 e. The number of nitrogens with zero attached hydrogens (tertiary/aromatic N) is 3. The van der Waals surface area contributed by atoms with Crippen LogP contribution in [0.3, 0.4) is 0 Å². The van der Waals surface area contributed by atoms with Gasteiger partial charge in [-0.1, -0.05) is 0 Å². The number of hydrogen-bond donors (Lipinski definition) is 2. The summed E-state index contributed by atoms with van der Waals surface area (Å²) in [6.07, 6.45) is 1.84. The average molecular weight is 333 g/mol. The molecule has 2 heterocycles. The molecule has 0 aliphatic heterocycles. The second-order valence-electron chi connectivity index (χ2n) is 5.91. The van der Waals surface area contributed by atoms with E-state index in [0.29, 0.717) is 25.6 Å². The van der Waals surface area contributed by atoms with Crippen LogP contribution in [0, 0.1) is 13.8 Å². The van der Waals surface area contributed by atoms with Gasteiger partial charge in [0.1, 0.15) is 17.9 Å². The predicted molar refractivity (Wildman–Crippen MR) is 94.7 cm³/mol. The van der Waals surface area contributed by atoms with E-state index in [-0.39, 0.29) is 5.91 Å². The number of unbranched alkanes of at least 4 members (excludes halogenated alkanes) is 1. The molecular weight excluding hydrogens is 306 g/mol. The molecule has 0 unspecified atom stereocenters. The van der Waals surface area contributed by atoms with Gasteiger partial charge in [-0.3, -0.25) is 4.79 Å². The van der Waals surface area contributed by atoms with Crippen molar-refractivity contribution >= 4 is 22.8 Å². The Bertz CT molecular complexity index is 724. The van der Waals surface area contributed by atoms with E-state index in [4.69, 9.17) is 10.5 Å². The molecule has 0 aliphatic rings. The van der Waals surface area contributed by atoms with Crippen LogP contribution in [0.2, 0.25) is 0 Å². The van der Waals surface area contributed by atoms with Gasteiger partial charge >= 0.3 is 0 Å². The molecule has 0 radical (unpaired) electrons. The highest BCUT2D eigenvalue weighted by Gasteiger charge is 2.17. The lowest BCUT2D eigenvalue weighted by molar-refractivity contribution is -0.118. The number of aromatic nitrogens is 3. The van der Waals surface area contributed by atoms with Gasteiger partial charge in [0.15, 0.2) is 5.82 Å². The fourth-order valence-electron chi connectivity index (χ4n) is 2.75. The largest absolute Gasteiger partial charge is 0.382 e. The molecule has 0 fully saturated rings. The van der Waals surface area contributed by atoms with Gasteiger partial charge in [0.25, 0.3) is 0 Å². The lowest BCUT2D eigenvalue weighted by atomic mass is 10.2. The third-order valence-corrected chi connectivity index (χ3v) is 4.09. The van der Waals surface area contributed by atoms with Gasteiger partial charge in [0, 0.05) is 32.3 Å². The molecule has 0 saturated carbocycles. The SMILES string of the molecule is CCOCc1nc2c(N)nc(C)c(C)c2n1CCCCNC(C)=O. The molecular formula is C17H27N5O2. The Morgan fingerprint density at radius 1 is 1.29 bits per heavy atom. The van der Waals surface area contributed by atoms with Crippen LogP contribution in [-0.4, -0.2) is 33.6 Å². The molecule has 24 heavy (non-hydrogen) atoms. The van der Waals surface area contributed by atoms with Gasteiger partial charge in [-0.25, -0.2) is 9.97 Å². The Hall–Kier alpha value is -2.15. The number of amides is 1. The number of nitrogens with two attached hydrogens (primary N) is 1. The summed E-state index contributed by atoms with van der Waals surface area (Å²) in [4.78, 5) is 20.0. The van der Waals surface area contributed by atoms with Crippen LogP contribution in [0.15, 0.2) is 0 Å². The lowest BCUT2D eigenvalue weighted by Gasteiger charge is -2.12. The number of anilines is 1. The van der Waals surface area contributed by atoms with Crippen molar-refractivity contribution in [2.24, 2.45) is 0 Å². The highest BCUT2D eigenvalue weighted by molar-refractivity contribution is 5.88. The fourth-order valence-corrected chi connectivity index (χ4v) is 2.75. The number of nitrogen functional groups attached to an aromatic ring is 1. The zero-order valence-corrected chi connectivity index (χ0v) is 15.0. The van der Waals surface area contributed by atoms with Crippen molar-refractivity contribution < 1.29 is 9.53 Å². The summed E-state index contributed by atoms with van der Waals surface area (Å²) in [5, 5.41) is 2.82. The molecule has 0 aromatic carbocycles. The predicted octanol–water partition coefficient (Wildman–Crippen LogP) is 2.08. The first kappa shape index (κ1) is 18.2. The van der Waals surface area contributed by atoms with Crippen LogP contribution in [0.4, 0.5) is 5.82 Å². The summed E-state index contributed by atoms with van der Waals surface area (Å²) in [6.45, 7) is 10.1. The molecule has 0 aliphatic carbocycles. The van der Waals surface area contributed by atoms with Crippen molar-refractivity contribution in [2.75, 3.05) is 18.9 Å². The van der Waals surface area contributed by atoms with Gasteiger partial charge in [0.05, 0.1) is 5.52 Å². The van der Waals surface area contributed by atoms with E-state index in [9.17, 15) is 4.79 Å². The maximum absolute atomic E-state index is 10.9. The highest BCUT2D eigenvalue weighted by Crippen LogP contribution is 2.26. The topological polar surface area (TPSA) is 95.1 Å². The smallest absolute Gasteiger partial charge is 0.216 e. The number of aryl methyl sites for hydroxylation is 3. The number of rotatable bonds is 8. The Morgan fingerprint density at radius 3 is 2.71 bits per heavy atom. The quantitative estimate of drug-likeness (QED) is 0.721. The molecule has 2 aromatic rings. The molecule has 132 valence electrons. The minimum absolute atomic E-state index is 0.00503. The fraction of sp³-hybridized carbons (Fsp3) is 0.588. The van der Waals surface area contributed by atoms with Crippen molar-refractivity contribution in [3.63, 3.8) is 0 Å². The monoisotopic (exact) mass is 333 g/mol. The second-order valence-corrected chi connectivity index (χ2v) is 5.91. The standard InChI is InChI=1S/C17H27N5O2/c1-5-24-10-14-21-15-16(11(2)12(3)20-17(15)18)22(14)9-7-6-8-19-13(4)23/h5-10H2,1-4H3,(H2,18,20)(H,19,23). The summed E-state index contributed by atoms with van der Waals surface area (Å²) in [5.74, 6) is 1.34. The van der Waals surface area contributed by atoms with Crippen LogP contribution in [0.1, 0.15) is 43.8 Å². The molecule has 2 rings (SSSR count). The number of imidazole rings is 1. The van der Waals surface area contributed by atoms with Crippen LogP contribution >= 0.6 is 0 Å². The summed E-state index contributed by atoms with van der Waals surface area (Å²) < 4.78 is 7.74. The van der Waals surface area contributed by atoms with Crippen molar-refractivity contribution in [1.29, 1.82) is 0 Å². The second kappa shape index (κ2) is 8.10. The van der Waals surface area contributed by atoms with Crippen molar-refractivity contribution in [3.8, 4) is 0 Å². The van der Waals surface area contributed by atoms with Gasteiger partial charge < -0.3 is 20.4 Å². The molecule has 0 spiro atoms. The third-order valence-electron chi connectivity index (χ3n) is 4.09. The summed E-state index contributed by atoms with van der Waals surface area (Å²) in [6, 6.07) is 0. The number of carbonyl (C=O) groups excluding carboxylic acids is 1. The van der Waals surface area contributed by atoms with Gasteiger partial charge in [-0.05, 0) is 39.2 Å². The molecule has 0 atom stereocenters. The van der Waals surface area contributed by atoms with E-state index < -0.39 is 0 Å². The maximum atomic E-state index is 10.9. The summed E-state index contributed by atoms with van der Waals surface area (Å²) in [5.41, 5.74) is 9.87. The minimum atomic E-state index is 0.00503. The molecule has 7 heteroatoms. The first-order chi connectivity index (χ1) is 11.5. The molecule has 3 N–H and O–H groups in total. The van der Waals surface area contributed by atoms with Gasteiger partial charge in [-0.2, -0.15) is 0 Å².